The number of rotatable bonds is 2. The number of hydrogen-bond donors (Lipinski definition) is 1. The van der Waals surface area contributed by atoms with E-state index in [9.17, 15) is 8.42 Å². The lowest BCUT2D eigenvalue weighted by molar-refractivity contribution is 0.474. The quantitative estimate of drug-likeness (QED) is 0.828. The van der Waals surface area contributed by atoms with E-state index in [1.165, 1.54) is 0 Å². The molecule has 15 heavy (non-hydrogen) atoms. The molecule has 2 rings (SSSR count). The second-order valence-corrected chi connectivity index (χ2v) is 6.37. The molecule has 1 aromatic carbocycles. The molecule has 1 aromatic rings. The lowest BCUT2D eigenvalue weighted by Crippen LogP contribution is -2.07. The molecule has 1 saturated heterocycles. The monoisotopic (exact) mass is 226 g/mol. The zero-order chi connectivity index (χ0) is 10.9. The fraction of sp³-hybridized carbons (Fsp3) is 0.455. The molecule has 1 heterocycles. The largest absolute Gasteiger partial charge is 0.508 e. The third-order valence-electron chi connectivity index (χ3n) is 2.79. The van der Waals surface area contributed by atoms with Crippen LogP contribution >= 0.6 is 0 Å². The fourth-order valence-electron chi connectivity index (χ4n) is 2.00. The highest BCUT2D eigenvalue weighted by Crippen LogP contribution is 2.23. The van der Waals surface area contributed by atoms with Crippen LogP contribution in [0.4, 0.5) is 0 Å². The summed E-state index contributed by atoms with van der Waals surface area (Å²) in [4.78, 5) is 0. The van der Waals surface area contributed by atoms with Crippen LogP contribution in [-0.4, -0.2) is 25.0 Å². The summed E-state index contributed by atoms with van der Waals surface area (Å²) < 4.78 is 22.5. The van der Waals surface area contributed by atoms with Crippen molar-refractivity contribution < 1.29 is 13.5 Å². The van der Waals surface area contributed by atoms with Crippen molar-refractivity contribution in [3.63, 3.8) is 0 Å². The Balaban J connectivity index is 2.02. The Bertz CT molecular complexity index is 433. The molecule has 0 radical (unpaired) electrons. The van der Waals surface area contributed by atoms with Crippen molar-refractivity contribution in [1.82, 2.24) is 0 Å². The van der Waals surface area contributed by atoms with Crippen LogP contribution in [0.2, 0.25) is 0 Å². The highest BCUT2D eigenvalue weighted by atomic mass is 32.2. The van der Waals surface area contributed by atoms with E-state index in [4.69, 9.17) is 5.11 Å². The zero-order valence-electron chi connectivity index (χ0n) is 8.39. The first-order valence-electron chi connectivity index (χ1n) is 5.03. The average molecular weight is 226 g/mol. The number of phenolic OH excluding ortho intramolecular Hbond substituents is 1. The van der Waals surface area contributed by atoms with Crippen LogP contribution in [0.3, 0.4) is 0 Å². The van der Waals surface area contributed by atoms with Crippen LogP contribution in [0.5, 0.6) is 5.75 Å². The maximum Gasteiger partial charge on any atom is 0.150 e. The number of aromatic hydroxyl groups is 1. The second kappa shape index (κ2) is 3.85. The predicted octanol–water partition coefficient (Wildman–Crippen LogP) is 1.37. The molecule has 0 aromatic heterocycles. The summed E-state index contributed by atoms with van der Waals surface area (Å²) in [7, 11) is -2.77. The van der Waals surface area contributed by atoms with Gasteiger partial charge < -0.3 is 5.11 Å². The van der Waals surface area contributed by atoms with Gasteiger partial charge in [0.05, 0.1) is 11.5 Å². The van der Waals surface area contributed by atoms with Crippen LogP contribution < -0.4 is 0 Å². The summed E-state index contributed by atoms with van der Waals surface area (Å²) in [5.41, 5.74) is 1.09. The third kappa shape index (κ3) is 2.72. The van der Waals surface area contributed by atoms with Gasteiger partial charge in [0.25, 0.3) is 0 Å². The van der Waals surface area contributed by atoms with Crippen LogP contribution in [0.1, 0.15) is 12.0 Å². The van der Waals surface area contributed by atoms with E-state index in [0.717, 1.165) is 18.4 Å². The van der Waals surface area contributed by atoms with E-state index >= 15 is 0 Å². The summed E-state index contributed by atoms with van der Waals surface area (Å²) in [5.74, 6) is 1.14. The van der Waals surface area contributed by atoms with Gasteiger partial charge in [0, 0.05) is 0 Å². The molecule has 0 spiro atoms. The maximum absolute atomic E-state index is 11.2. The Hall–Kier alpha value is -1.03. The summed E-state index contributed by atoms with van der Waals surface area (Å²) >= 11 is 0. The van der Waals surface area contributed by atoms with Crippen molar-refractivity contribution >= 4 is 9.84 Å². The molecule has 1 fully saturated rings. The minimum atomic E-state index is -2.77. The molecule has 0 saturated carbocycles. The number of sulfone groups is 1. The lowest BCUT2D eigenvalue weighted by atomic mass is 9.99. The summed E-state index contributed by atoms with van der Waals surface area (Å²) in [6.45, 7) is 0. The summed E-state index contributed by atoms with van der Waals surface area (Å²) in [6.07, 6.45) is 1.56. The Kier molecular flexibility index (Phi) is 2.69. The Labute approximate surface area is 89.7 Å². The molecule has 1 N–H and O–H groups in total. The van der Waals surface area contributed by atoms with Crippen LogP contribution in [0.15, 0.2) is 24.3 Å². The van der Waals surface area contributed by atoms with Gasteiger partial charge in [-0.15, -0.1) is 0 Å². The Morgan fingerprint density at radius 2 is 1.93 bits per heavy atom. The third-order valence-corrected chi connectivity index (χ3v) is 4.62. The predicted molar refractivity (Wildman–Crippen MR) is 58.6 cm³/mol. The van der Waals surface area contributed by atoms with E-state index in [-0.39, 0.29) is 11.7 Å². The maximum atomic E-state index is 11.2. The Morgan fingerprint density at radius 1 is 1.27 bits per heavy atom. The first kappa shape index (κ1) is 10.5. The van der Waals surface area contributed by atoms with Crippen molar-refractivity contribution in [2.45, 2.75) is 12.8 Å². The molecule has 82 valence electrons. The second-order valence-electron chi connectivity index (χ2n) is 4.14. The molecule has 1 aliphatic rings. The van der Waals surface area contributed by atoms with Gasteiger partial charge in [-0.05, 0) is 36.5 Å². The minimum absolute atomic E-state index is 0.248. The van der Waals surface area contributed by atoms with Gasteiger partial charge in [0.2, 0.25) is 0 Å². The van der Waals surface area contributed by atoms with Gasteiger partial charge in [-0.3, -0.25) is 0 Å². The van der Waals surface area contributed by atoms with Gasteiger partial charge in [-0.25, -0.2) is 8.42 Å². The molecule has 1 unspecified atom stereocenters. The SMILES string of the molecule is O=S1(=O)CCC(Cc2ccc(O)cc2)C1. The van der Waals surface area contributed by atoms with Crippen molar-refractivity contribution in [2.75, 3.05) is 11.5 Å². The van der Waals surface area contributed by atoms with Gasteiger partial charge in [-0.2, -0.15) is 0 Å². The highest BCUT2D eigenvalue weighted by Gasteiger charge is 2.27. The molecule has 0 aliphatic carbocycles. The molecule has 0 amide bonds. The first-order chi connectivity index (χ1) is 7.05. The molecule has 0 bridgehead atoms. The summed E-state index contributed by atoms with van der Waals surface area (Å²) in [5, 5.41) is 9.10. The van der Waals surface area contributed by atoms with E-state index in [1.807, 2.05) is 12.1 Å². The Morgan fingerprint density at radius 3 is 2.47 bits per heavy atom. The topological polar surface area (TPSA) is 54.4 Å². The van der Waals surface area contributed by atoms with Crippen molar-refractivity contribution in [3.05, 3.63) is 29.8 Å². The van der Waals surface area contributed by atoms with E-state index in [0.29, 0.717) is 11.5 Å². The van der Waals surface area contributed by atoms with Crippen LogP contribution in [0, 0.1) is 5.92 Å². The van der Waals surface area contributed by atoms with Gasteiger partial charge in [-0.1, -0.05) is 12.1 Å². The molecule has 3 nitrogen and oxygen atoms in total. The first-order valence-corrected chi connectivity index (χ1v) is 6.86. The van der Waals surface area contributed by atoms with Gasteiger partial charge >= 0.3 is 0 Å². The van der Waals surface area contributed by atoms with Gasteiger partial charge in [0.1, 0.15) is 5.75 Å². The van der Waals surface area contributed by atoms with E-state index < -0.39 is 9.84 Å². The van der Waals surface area contributed by atoms with Crippen molar-refractivity contribution in [1.29, 1.82) is 0 Å². The molecular formula is C11H14O3S. The van der Waals surface area contributed by atoms with Gasteiger partial charge in [0.15, 0.2) is 9.84 Å². The number of hydrogen-bond acceptors (Lipinski definition) is 3. The van der Waals surface area contributed by atoms with E-state index in [1.54, 1.807) is 12.1 Å². The van der Waals surface area contributed by atoms with Crippen LogP contribution in [-0.2, 0) is 16.3 Å². The minimum Gasteiger partial charge on any atom is -0.508 e. The molecular weight excluding hydrogens is 212 g/mol. The summed E-state index contributed by atoms with van der Waals surface area (Å²) in [6, 6.07) is 6.97. The van der Waals surface area contributed by atoms with Crippen molar-refractivity contribution in [2.24, 2.45) is 5.92 Å². The average Bonchev–Trinajstić information content (AvgIpc) is 2.50. The highest BCUT2D eigenvalue weighted by molar-refractivity contribution is 7.91. The van der Waals surface area contributed by atoms with E-state index in [2.05, 4.69) is 0 Å². The standard InChI is InChI=1S/C11H14O3S/c12-11-3-1-9(2-4-11)7-10-5-6-15(13,14)8-10/h1-4,10,12H,5-8H2. The molecule has 1 atom stereocenters. The normalized spacial score (nSPS) is 24.1. The smallest absolute Gasteiger partial charge is 0.150 e. The number of phenols is 1. The number of benzene rings is 1. The fourth-order valence-corrected chi connectivity index (χ4v) is 3.86. The molecule has 1 aliphatic heterocycles. The molecule has 4 heteroatoms. The lowest BCUT2D eigenvalue weighted by Gasteiger charge is -2.07. The van der Waals surface area contributed by atoms with Crippen LogP contribution in [0.25, 0.3) is 0 Å². The van der Waals surface area contributed by atoms with Crippen molar-refractivity contribution in [3.8, 4) is 5.75 Å². The zero-order valence-corrected chi connectivity index (χ0v) is 9.20.